The summed E-state index contributed by atoms with van der Waals surface area (Å²) in [5.41, 5.74) is 5.71. The summed E-state index contributed by atoms with van der Waals surface area (Å²) in [6.07, 6.45) is 6.38. The van der Waals surface area contributed by atoms with Gasteiger partial charge in [0.15, 0.2) is 0 Å². The van der Waals surface area contributed by atoms with E-state index in [1.165, 1.54) is 30.4 Å². The van der Waals surface area contributed by atoms with E-state index < -0.39 is 0 Å². The van der Waals surface area contributed by atoms with E-state index in [-0.39, 0.29) is 0 Å². The average molecular weight is 218 g/mol. The summed E-state index contributed by atoms with van der Waals surface area (Å²) in [7, 11) is 0. The van der Waals surface area contributed by atoms with Crippen molar-refractivity contribution < 1.29 is 0 Å². The van der Waals surface area contributed by atoms with E-state index in [1.54, 1.807) is 0 Å². The highest BCUT2D eigenvalue weighted by molar-refractivity contribution is 5.28. The Balaban J connectivity index is 2.04. The molecule has 1 atom stereocenters. The van der Waals surface area contributed by atoms with Gasteiger partial charge in [-0.25, -0.2) is 0 Å². The SMILES string of the molecule is CCCC(NN)c1ccc(C2CCC2)cc1. The maximum atomic E-state index is 5.58. The highest BCUT2D eigenvalue weighted by Gasteiger charge is 2.19. The fourth-order valence-electron chi connectivity index (χ4n) is 2.38. The van der Waals surface area contributed by atoms with Gasteiger partial charge in [0.2, 0.25) is 0 Å². The second kappa shape index (κ2) is 5.46. The first-order chi connectivity index (χ1) is 7.85. The third-order valence-electron chi connectivity index (χ3n) is 3.69. The van der Waals surface area contributed by atoms with Gasteiger partial charge in [0, 0.05) is 6.04 Å². The van der Waals surface area contributed by atoms with Crippen molar-refractivity contribution in [1.82, 2.24) is 5.43 Å². The van der Waals surface area contributed by atoms with Crippen LogP contribution in [0.4, 0.5) is 0 Å². The van der Waals surface area contributed by atoms with Crippen LogP contribution in [-0.4, -0.2) is 0 Å². The van der Waals surface area contributed by atoms with Crippen LogP contribution in [-0.2, 0) is 0 Å². The molecule has 0 saturated heterocycles. The molecule has 0 radical (unpaired) electrons. The summed E-state index contributed by atoms with van der Waals surface area (Å²) >= 11 is 0. The zero-order valence-corrected chi connectivity index (χ0v) is 10.1. The molecular weight excluding hydrogens is 196 g/mol. The van der Waals surface area contributed by atoms with E-state index in [1.807, 2.05) is 0 Å². The predicted octanol–water partition coefficient (Wildman–Crippen LogP) is 3.26. The molecule has 3 N–H and O–H groups in total. The summed E-state index contributed by atoms with van der Waals surface area (Å²) in [4.78, 5) is 0. The molecule has 0 heterocycles. The lowest BCUT2D eigenvalue weighted by Crippen LogP contribution is -2.27. The van der Waals surface area contributed by atoms with Crippen molar-refractivity contribution in [3.63, 3.8) is 0 Å². The fourth-order valence-corrected chi connectivity index (χ4v) is 2.38. The first-order valence-corrected chi connectivity index (χ1v) is 6.41. The number of nitrogens with one attached hydrogen (secondary N) is 1. The van der Waals surface area contributed by atoms with Crippen molar-refractivity contribution in [3.8, 4) is 0 Å². The van der Waals surface area contributed by atoms with Gasteiger partial charge in [-0.1, -0.05) is 44.0 Å². The van der Waals surface area contributed by atoms with Crippen molar-refractivity contribution >= 4 is 0 Å². The van der Waals surface area contributed by atoms with Gasteiger partial charge < -0.3 is 0 Å². The molecule has 1 saturated carbocycles. The molecule has 16 heavy (non-hydrogen) atoms. The van der Waals surface area contributed by atoms with Gasteiger partial charge in [0.05, 0.1) is 0 Å². The first kappa shape index (κ1) is 11.6. The molecule has 88 valence electrons. The van der Waals surface area contributed by atoms with E-state index >= 15 is 0 Å². The zero-order chi connectivity index (χ0) is 11.4. The van der Waals surface area contributed by atoms with E-state index in [0.29, 0.717) is 6.04 Å². The molecule has 1 fully saturated rings. The van der Waals surface area contributed by atoms with Crippen LogP contribution < -0.4 is 11.3 Å². The number of nitrogens with two attached hydrogens (primary N) is 1. The highest BCUT2D eigenvalue weighted by atomic mass is 15.2. The van der Waals surface area contributed by atoms with Crippen LogP contribution in [0.25, 0.3) is 0 Å². The van der Waals surface area contributed by atoms with Gasteiger partial charge in [0.1, 0.15) is 0 Å². The summed E-state index contributed by atoms with van der Waals surface area (Å²) in [5.74, 6) is 6.40. The maximum absolute atomic E-state index is 5.58. The highest BCUT2D eigenvalue weighted by Crippen LogP contribution is 2.36. The van der Waals surface area contributed by atoms with Crippen molar-refractivity contribution in [2.75, 3.05) is 0 Å². The molecule has 1 aromatic carbocycles. The molecule has 2 nitrogen and oxygen atoms in total. The molecular formula is C14H22N2. The average Bonchev–Trinajstić information content (AvgIpc) is 2.25. The Labute approximate surface area is 98.2 Å². The van der Waals surface area contributed by atoms with Gasteiger partial charge in [-0.2, -0.15) is 0 Å². The standard InChI is InChI=1S/C14H22N2/c1-2-4-14(16-15)13-9-7-12(8-10-13)11-5-3-6-11/h7-11,14,16H,2-6,15H2,1H3. The Morgan fingerprint density at radius 3 is 2.44 bits per heavy atom. The Bertz CT molecular complexity index is 314. The molecule has 1 aromatic rings. The molecule has 2 heteroatoms. The fraction of sp³-hybridized carbons (Fsp3) is 0.571. The second-order valence-electron chi connectivity index (χ2n) is 4.80. The van der Waals surface area contributed by atoms with Crippen LogP contribution >= 0.6 is 0 Å². The van der Waals surface area contributed by atoms with Crippen molar-refractivity contribution in [2.45, 2.75) is 51.0 Å². The number of hydrogen-bond donors (Lipinski definition) is 2. The van der Waals surface area contributed by atoms with E-state index in [0.717, 1.165) is 18.8 Å². The van der Waals surface area contributed by atoms with E-state index in [4.69, 9.17) is 5.84 Å². The van der Waals surface area contributed by atoms with E-state index in [2.05, 4.69) is 36.6 Å². The summed E-state index contributed by atoms with van der Waals surface area (Å²) in [6, 6.07) is 9.32. The third-order valence-corrected chi connectivity index (χ3v) is 3.69. The van der Waals surface area contributed by atoms with Gasteiger partial charge in [0.25, 0.3) is 0 Å². The normalized spacial score (nSPS) is 18.1. The molecule has 0 aliphatic heterocycles. The Morgan fingerprint density at radius 2 is 2.00 bits per heavy atom. The van der Waals surface area contributed by atoms with Crippen LogP contribution in [0.1, 0.15) is 62.1 Å². The Hall–Kier alpha value is -0.860. The van der Waals surface area contributed by atoms with Gasteiger partial charge in [-0.05, 0) is 36.3 Å². The van der Waals surface area contributed by atoms with Crippen molar-refractivity contribution in [3.05, 3.63) is 35.4 Å². The van der Waals surface area contributed by atoms with Crippen molar-refractivity contribution in [1.29, 1.82) is 0 Å². The van der Waals surface area contributed by atoms with Crippen LogP contribution in [0.5, 0.6) is 0 Å². The number of benzene rings is 1. The smallest absolute Gasteiger partial charge is 0.0459 e. The van der Waals surface area contributed by atoms with Crippen molar-refractivity contribution in [2.24, 2.45) is 5.84 Å². The summed E-state index contributed by atoms with van der Waals surface area (Å²) in [5, 5.41) is 0. The Kier molecular flexibility index (Phi) is 3.97. The minimum atomic E-state index is 0.306. The van der Waals surface area contributed by atoms with E-state index in [9.17, 15) is 0 Å². The minimum absolute atomic E-state index is 0.306. The largest absolute Gasteiger partial charge is 0.271 e. The molecule has 0 aromatic heterocycles. The second-order valence-corrected chi connectivity index (χ2v) is 4.80. The first-order valence-electron chi connectivity index (χ1n) is 6.41. The number of rotatable bonds is 5. The lowest BCUT2D eigenvalue weighted by atomic mass is 9.80. The van der Waals surface area contributed by atoms with Crippen LogP contribution in [0.15, 0.2) is 24.3 Å². The number of hydrazine groups is 1. The third kappa shape index (κ3) is 2.45. The molecule has 1 aliphatic carbocycles. The van der Waals surface area contributed by atoms with Crippen LogP contribution in [0.3, 0.4) is 0 Å². The molecule has 1 unspecified atom stereocenters. The van der Waals surface area contributed by atoms with Gasteiger partial charge in [-0.3, -0.25) is 11.3 Å². The minimum Gasteiger partial charge on any atom is -0.271 e. The van der Waals surface area contributed by atoms with Crippen LogP contribution in [0, 0.1) is 0 Å². The molecule has 0 amide bonds. The maximum Gasteiger partial charge on any atom is 0.0459 e. The summed E-state index contributed by atoms with van der Waals surface area (Å²) in [6.45, 7) is 2.19. The topological polar surface area (TPSA) is 38.0 Å². The Morgan fingerprint density at radius 1 is 1.31 bits per heavy atom. The van der Waals surface area contributed by atoms with Gasteiger partial charge >= 0.3 is 0 Å². The lowest BCUT2D eigenvalue weighted by molar-refractivity contribution is 0.419. The quantitative estimate of drug-likeness (QED) is 0.588. The van der Waals surface area contributed by atoms with Gasteiger partial charge in [-0.15, -0.1) is 0 Å². The zero-order valence-electron chi connectivity index (χ0n) is 10.1. The lowest BCUT2D eigenvalue weighted by Gasteiger charge is -2.26. The molecule has 0 spiro atoms. The molecule has 0 bridgehead atoms. The molecule has 1 aliphatic rings. The molecule has 2 rings (SSSR count). The summed E-state index contributed by atoms with van der Waals surface area (Å²) < 4.78 is 0. The monoisotopic (exact) mass is 218 g/mol. The number of hydrogen-bond acceptors (Lipinski definition) is 2. The van der Waals surface area contributed by atoms with Crippen LogP contribution in [0.2, 0.25) is 0 Å². The predicted molar refractivity (Wildman–Crippen MR) is 68.0 cm³/mol.